The molecule has 0 saturated heterocycles. The van der Waals surface area contributed by atoms with E-state index in [9.17, 15) is 9.90 Å². The van der Waals surface area contributed by atoms with Crippen molar-refractivity contribution in [2.45, 2.75) is 13.8 Å². The zero-order valence-corrected chi connectivity index (χ0v) is 13.2. The lowest BCUT2D eigenvalue weighted by Crippen LogP contribution is -2.01. The molecule has 0 atom stereocenters. The molecule has 0 saturated carbocycles. The van der Waals surface area contributed by atoms with Crippen molar-refractivity contribution >= 4 is 28.0 Å². The highest BCUT2D eigenvalue weighted by atomic mass is 16.4. The van der Waals surface area contributed by atoms with Gasteiger partial charge in [-0.25, -0.2) is 14.8 Å². The van der Waals surface area contributed by atoms with E-state index in [0.717, 1.165) is 11.1 Å². The second-order valence-corrected chi connectivity index (χ2v) is 5.82. The normalized spacial score (nSPS) is 11.2. The molecule has 4 rings (SSSR count). The fourth-order valence-corrected chi connectivity index (χ4v) is 2.95. The van der Waals surface area contributed by atoms with Crippen LogP contribution < -0.4 is 0 Å². The molecule has 0 unspecified atom stereocenters. The van der Waals surface area contributed by atoms with Gasteiger partial charge in [0.1, 0.15) is 11.2 Å². The molecule has 24 heavy (non-hydrogen) atoms. The predicted octanol–water partition coefficient (Wildman–Crippen LogP) is 4.36. The fraction of sp³-hybridized carbons (Fsp3) is 0.105. The van der Waals surface area contributed by atoms with Gasteiger partial charge in [0.05, 0.1) is 11.1 Å². The molecule has 0 aliphatic heterocycles. The first kappa shape index (κ1) is 14.4. The molecule has 1 N–H and O–H groups in total. The van der Waals surface area contributed by atoms with E-state index in [0.29, 0.717) is 33.6 Å². The Labute approximate surface area is 137 Å². The molecule has 0 aliphatic rings. The van der Waals surface area contributed by atoms with Gasteiger partial charge in [-0.05, 0) is 43.7 Å². The Morgan fingerprint density at radius 2 is 1.88 bits per heavy atom. The maximum Gasteiger partial charge on any atom is 0.336 e. The molecule has 4 aromatic rings. The van der Waals surface area contributed by atoms with Crippen LogP contribution in [0.25, 0.3) is 33.6 Å². The van der Waals surface area contributed by atoms with E-state index < -0.39 is 5.97 Å². The maximum absolute atomic E-state index is 11.7. The number of carboxylic acids is 1. The predicted molar refractivity (Wildman–Crippen MR) is 91.2 cm³/mol. The summed E-state index contributed by atoms with van der Waals surface area (Å²) in [5, 5.41) is 10.2. The zero-order chi connectivity index (χ0) is 16.8. The fourth-order valence-electron chi connectivity index (χ4n) is 2.95. The van der Waals surface area contributed by atoms with Crippen LogP contribution in [0.15, 0.2) is 46.9 Å². The summed E-state index contributed by atoms with van der Waals surface area (Å²) in [5.41, 5.74) is 4.55. The van der Waals surface area contributed by atoms with Gasteiger partial charge in [0.2, 0.25) is 5.89 Å². The van der Waals surface area contributed by atoms with Crippen molar-refractivity contribution in [2.24, 2.45) is 0 Å². The number of carbonyl (C=O) groups is 1. The largest absolute Gasteiger partial charge is 0.478 e. The number of aryl methyl sites for hydroxylation is 2. The Hall–Kier alpha value is -3.21. The minimum Gasteiger partial charge on any atom is -0.478 e. The Balaban J connectivity index is 2.04. The topological polar surface area (TPSA) is 76.2 Å². The van der Waals surface area contributed by atoms with E-state index in [1.165, 1.54) is 6.07 Å². The molecule has 5 heteroatoms. The Bertz CT molecular complexity index is 1080. The molecule has 0 fully saturated rings. The van der Waals surface area contributed by atoms with Gasteiger partial charge in [-0.2, -0.15) is 0 Å². The molecule has 2 heterocycles. The van der Waals surface area contributed by atoms with Crippen molar-refractivity contribution in [2.75, 3.05) is 0 Å². The molecule has 2 aromatic carbocycles. The van der Waals surface area contributed by atoms with Gasteiger partial charge in [-0.1, -0.05) is 23.8 Å². The van der Waals surface area contributed by atoms with E-state index in [-0.39, 0.29) is 5.56 Å². The van der Waals surface area contributed by atoms with Crippen LogP contribution in [0.2, 0.25) is 0 Å². The standard InChI is InChI=1S/C19H14N2O3/c1-10-7-11(2)17-12(8-10)13(19(22)23)9-15(20-17)18-21-14-5-3-4-6-16(14)24-18/h3-9H,1-2H3,(H,22,23). The van der Waals surface area contributed by atoms with E-state index in [1.807, 2.05) is 50.2 Å². The van der Waals surface area contributed by atoms with Gasteiger partial charge in [0.25, 0.3) is 0 Å². The monoisotopic (exact) mass is 318 g/mol. The van der Waals surface area contributed by atoms with Gasteiger partial charge in [0, 0.05) is 5.39 Å². The van der Waals surface area contributed by atoms with Gasteiger partial charge in [0.15, 0.2) is 5.58 Å². The van der Waals surface area contributed by atoms with Crippen LogP contribution in [0.3, 0.4) is 0 Å². The smallest absolute Gasteiger partial charge is 0.336 e. The minimum atomic E-state index is -0.996. The Morgan fingerprint density at radius 1 is 1.08 bits per heavy atom. The molecule has 0 amide bonds. The number of aromatic nitrogens is 2. The lowest BCUT2D eigenvalue weighted by molar-refractivity contribution is 0.0699. The highest BCUT2D eigenvalue weighted by molar-refractivity contribution is 6.04. The van der Waals surface area contributed by atoms with Crippen LogP contribution in [0, 0.1) is 13.8 Å². The Morgan fingerprint density at radius 3 is 2.62 bits per heavy atom. The van der Waals surface area contributed by atoms with E-state index >= 15 is 0 Å². The van der Waals surface area contributed by atoms with E-state index in [4.69, 9.17) is 4.42 Å². The number of pyridine rings is 1. The van der Waals surface area contributed by atoms with Crippen molar-refractivity contribution < 1.29 is 14.3 Å². The van der Waals surface area contributed by atoms with Gasteiger partial charge >= 0.3 is 5.97 Å². The van der Waals surface area contributed by atoms with Crippen molar-refractivity contribution in [3.8, 4) is 11.6 Å². The number of nitrogens with zero attached hydrogens (tertiary/aromatic N) is 2. The Kier molecular flexibility index (Phi) is 3.09. The van der Waals surface area contributed by atoms with Gasteiger partial charge in [-0.15, -0.1) is 0 Å². The van der Waals surface area contributed by atoms with Crippen LogP contribution in [0.4, 0.5) is 0 Å². The SMILES string of the molecule is Cc1cc(C)c2nc(-c3nc4ccccc4o3)cc(C(=O)O)c2c1. The molecule has 0 aliphatic carbocycles. The summed E-state index contributed by atoms with van der Waals surface area (Å²) in [5.74, 6) is -0.676. The first-order chi connectivity index (χ1) is 11.5. The third-order valence-corrected chi connectivity index (χ3v) is 3.99. The van der Waals surface area contributed by atoms with Gasteiger partial charge < -0.3 is 9.52 Å². The quantitative estimate of drug-likeness (QED) is 0.594. The maximum atomic E-state index is 11.7. The average Bonchev–Trinajstić information content (AvgIpc) is 2.98. The minimum absolute atomic E-state index is 0.198. The molecule has 5 nitrogen and oxygen atoms in total. The zero-order valence-electron chi connectivity index (χ0n) is 13.2. The third kappa shape index (κ3) is 2.22. The number of oxazole rings is 1. The second-order valence-electron chi connectivity index (χ2n) is 5.82. The number of rotatable bonds is 2. The molecule has 0 radical (unpaired) electrons. The summed E-state index contributed by atoms with van der Waals surface area (Å²) < 4.78 is 5.73. The lowest BCUT2D eigenvalue weighted by atomic mass is 10.0. The van der Waals surface area contributed by atoms with Crippen molar-refractivity contribution in [3.05, 3.63) is 59.2 Å². The highest BCUT2D eigenvalue weighted by Gasteiger charge is 2.17. The molecular formula is C19H14N2O3. The molecule has 118 valence electrons. The van der Waals surface area contributed by atoms with Gasteiger partial charge in [-0.3, -0.25) is 0 Å². The van der Waals surface area contributed by atoms with Crippen LogP contribution >= 0.6 is 0 Å². The lowest BCUT2D eigenvalue weighted by Gasteiger charge is -2.08. The number of carboxylic acid groups (broad SMARTS) is 1. The summed E-state index contributed by atoms with van der Waals surface area (Å²) in [7, 11) is 0. The van der Waals surface area contributed by atoms with Crippen molar-refractivity contribution in [1.82, 2.24) is 9.97 Å². The first-order valence-corrected chi connectivity index (χ1v) is 7.54. The first-order valence-electron chi connectivity index (χ1n) is 7.54. The second kappa shape index (κ2) is 5.16. The number of benzene rings is 2. The van der Waals surface area contributed by atoms with E-state index in [1.54, 1.807) is 0 Å². The number of hydrogen-bond acceptors (Lipinski definition) is 4. The number of hydrogen-bond donors (Lipinski definition) is 1. The number of fused-ring (bicyclic) bond motifs is 2. The third-order valence-electron chi connectivity index (χ3n) is 3.99. The summed E-state index contributed by atoms with van der Waals surface area (Å²) in [6, 6.07) is 12.7. The van der Waals surface area contributed by atoms with Crippen LogP contribution in [-0.4, -0.2) is 21.0 Å². The van der Waals surface area contributed by atoms with Crippen LogP contribution in [0.1, 0.15) is 21.5 Å². The number of para-hydroxylation sites is 2. The summed E-state index contributed by atoms with van der Waals surface area (Å²) in [6.45, 7) is 3.86. The molecule has 2 aromatic heterocycles. The molecule has 0 bridgehead atoms. The summed E-state index contributed by atoms with van der Waals surface area (Å²) in [4.78, 5) is 20.7. The molecule has 0 spiro atoms. The molecular weight excluding hydrogens is 304 g/mol. The number of aromatic carboxylic acids is 1. The van der Waals surface area contributed by atoms with Crippen LogP contribution in [0.5, 0.6) is 0 Å². The highest BCUT2D eigenvalue weighted by Crippen LogP contribution is 2.29. The summed E-state index contributed by atoms with van der Waals surface area (Å²) >= 11 is 0. The van der Waals surface area contributed by atoms with Crippen molar-refractivity contribution in [3.63, 3.8) is 0 Å². The van der Waals surface area contributed by atoms with E-state index in [2.05, 4.69) is 9.97 Å². The average molecular weight is 318 g/mol. The van der Waals surface area contributed by atoms with Crippen LogP contribution in [-0.2, 0) is 0 Å². The van der Waals surface area contributed by atoms with Crippen molar-refractivity contribution in [1.29, 1.82) is 0 Å². The summed E-state index contributed by atoms with van der Waals surface area (Å²) in [6.07, 6.45) is 0.